The maximum Gasteiger partial charge on any atom is 0.305 e. The van der Waals surface area contributed by atoms with Crippen molar-refractivity contribution in [2.24, 2.45) is 0 Å². The van der Waals surface area contributed by atoms with Crippen LogP contribution >= 0.6 is 0 Å². The van der Waals surface area contributed by atoms with Crippen molar-refractivity contribution in [3.05, 3.63) is 0 Å². The molecule has 0 aromatic rings. The van der Waals surface area contributed by atoms with Crippen LogP contribution in [0.2, 0.25) is 19.6 Å². The number of hydrogen-bond acceptors (Lipinski definition) is 2. The van der Waals surface area contributed by atoms with Crippen molar-refractivity contribution in [2.75, 3.05) is 7.11 Å². The first-order valence-corrected chi connectivity index (χ1v) is 10.9. The van der Waals surface area contributed by atoms with Gasteiger partial charge in [0.25, 0.3) is 0 Å². The quantitative estimate of drug-likeness (QED) is 0.345. The van der Waals surface area contributed by atoms with Crippen LogP contribution in [-0.4, -0.2) is 21.2 Å². The molecule has 0 spiro atoms. The summed E-state index contributed by atoms with van der Waals surface area (Å²) in [6.07, 6.45) is 3.61. The van der Waals surface area contributed by atoms with Crippen LogP contribution in [0, 0.1) is 47.0 Å². The number of rotatable bonds is 3. The number of carbonyl (C=O) groups is 1. The molecular weight excluding hydrogens is 288 g/mol. The number of hydrogen-bond donors (Lipinski definition) is 0. The molecule has 0 bridgehead atoms. The maximum absolute atomic E-state index is 10.8. The van der Waals surface area contributed by atoms with Gasteiger partial charge in [0, 0.05) is 12.8 Å². The molecule has 0 aliphatic rings. The monoisotopic (exact) mass is 312 g/mol. The van der Waals surface area contributed by atoms with Crippen molar-refractivity contribution in [3.8, 4) is 47.0 Å². The highest BCUT2D eigenvalue weighted by Crippen LogP contribution is 1.96. The molecule has 0 unspecified atom stereocenters. The first-order valence-electron chi connectivity index (χ1n) is 7.39. The highest BCUT2D eigenvalue weighted by Gasteiger charge is 2.06. The van der Waals surface area contributed by atoms with Crippen molar-refractivity contribution in [1.82, 2.24) is 0 Å². The van der Waals surface area contributed by atoms with Gasteiger partial charge in [-0.25, -0.2) is 0 Å². The van der Waals surface area contributed by atoms with E-state index < -0.39 is 8.07 Å². The minimum atomic E-state index is -1.26. The van der Waals surface area contributed by atoms with E-state index in [1.807, 2.05) is 0 Å². The van der Waals surface area contributed by atoms with Gasteiger partial charge in [0.15, 0.2) is 0 Å². The van der Waals surface area contributed by atoms with E-state index in [0.717, 1.165) is 6.42 Å². The van der Waals surface area contributed by atoms with Crippen LogP contribution in [-0.2, 0) is 9.53 Å². The third-order valence-electron chi connectivity index (χ3n) is 2.28. The molecule has 0 saturated carbocycles. The summed E-state index contributed by atoms with van der Waals surface area (Å²) in [5.74, 6) is 20.8. The molecule has 0 aliphatic carbocycles. The minimum absolute atomic E-state index is 0.185. The van der Waals surface area contributed by atoms with Gasteiger partial charge in [-0.15, -0.1) is 11.5 Å². The van der Waals surface area contributed by atoms with Crippen molar-refractivity contribution in [1.29, 1.82) is 0 Å². The standard InChI is InChI=1S/C19H24O2Si/c1-21-19(20)17-15-13-11-9-7-5-6-8-10-12-14-16-18-22(2,3)4/h7-8,13-15,17H2,1-4H3. The Labute approximate surface area is 136 Å². The Morgan fingerprint density at radius 3 is 1.86 bits per heavy atom. The van der Waals surface area contributed by atoms with Crippen LogP contribution in [0.15, 0.2) is 0 Å². The summed E-state index contributed by atoms with van der Waals surface area (Å²) >= 11 is 0. The second-order valence-corrected chi connectivity index (χ2v) is 10.3. The van der Waals surface area contributed by atoms with Gasteiger partial charge >= 0.3 is 5.97 Å². The molecule has 0 aromatic carbocycles. The SMILES string of the molecule is COC(=O)CCCC#CCC#CCC#CCC#C[Si](C)(C)C. The molecule has 0 atom stereocenters. The van der Waals surface area contributed by atoms with Crippen LogP contribution < -0.4 is 0 Å². The van der Waals surface area contributed by atoms with Gasteiger partial charge in [0.1, 0.15) is 8.07 Å². The van der Waals surface area contributed by atoms with Crippen molar-refractivity contribution >= 4 is 14.0 Å². The zero-order chi connectivity index (χ0) is 16.7. The molecule has 116 valence electrons. The lowest BCUT2D eigenvalue weighted by Crippen LogP contribution is -2.16. The molecule has 0 N–H and O–H groups in total. The molecule has 0 radical (unpaired) electrons. The zero-order valence-corrected chi connectivity index (χ0v) is 15.1. The zero-order valence-electron chi connectivity index (χ0n) is 14.1. The molecule has 22 heavy (non-hydrogen) atoms. The summed E-state index contributed by atoms with van der Waals surface area (Å²) in [6, 6.07) is 0. The van der Waals surface area contributed by atoms with E-state index in [1.54, 1.807) is 0 Å². The lowest BCUT2D eigenvalue weighted by atomic mass is 10.2. The van der Waals surface area contributed by atoms with Gasteiger partial charge in [-0.05, 0) is 6.42 Å². The van der Waals surface area contributed by atoms with Gasteiger partial charge < -0.3 is 4.74 Å². The number of unbranched alkanes of at least 4 members (excludes halogenated alkanes) is 1. The molecular formula is C19H24O2Si. The van der Waals surface area contributed by atoms with Gasteiger partial charge in [-0.3, -0.25) is 4.79 Å². The third-order valence-corrected chi connectivity index (χ3v) is 3.21. The smallest absolute Gasteiger partial charge is 0.305 e. The van der Waals surface area contributed by atoms with Gasteiger partial charge in [-0.1, -0.05) is 55.2 Å². The molecule has 0 fully saturated rings. The first kappa shape index (κ1) is 19.9. The number of esters is 1. The van der Waals surface area contributed by atoms with Crippen LogP contribution in [0.4, 0.5) is 0 Å². The summed E-state index contributed by atoms with van der Waals surface area (Å²) in [5.41, 5.74) is 3.27. The highest BCUT2D eigenvalue weighted by atomic mass is 28.3. The average molecular weight is 312 g/mol. The maximum atomic E-state index is 10.8. The predicted molar refractivity (Wildman–Crippen MR) is 94.2 cm³/mol. The fraction of sp³-hybridized carbons (Fsp3) is 0.526. The van der Waals surface area contributed by atoms with Crippen molar-refractivity contribution in [3.63, 3.8) is 0 Å². The fourth-order valence-electron chi connectivity index (χ4n) is 1.27. The topological polar surface area (TPSA) is 26.3 Å². The van der Waals surface area contributed by atoms with Crippen LogP contribution in [0.3, 0.4) is 0 Å². The van der Waals surface area contributed by atoms with Crippen LogP contribution in [0.5, 0.6) is 0 Å². The molecule has 0 saturated heterocycles. The predicted octanol–water partition coefficient (Wildman–Crippen LogP) is 3.39. The van der Waals surface area contributed by atoms with E-state index in [-0.39, 0.29) is 5.97 Å². The Morgan fingerprint density at radius 1 is 0.864 bits per heavy atom. The Kier molecular flexibility index (Phi) is 11.5. The van der Waals surface area contributed by atoms with E-state index in [1.165, 1.54) is 7.11 Å². The summed E-state index contributed by atoms with van der Waals surface area (Å²) < 4.78 is 4.54. The van der Waals surface area contributed by atoms with Gasteiger partial charge in [-0.2, -0.15) is 0 Å². The van der Waals surface area contributed by atoms with Gasteiger partial charge in [0.05, 0.1) is 26.4 Å². The first-order chi connectivity index (χ1) is 10.5. The molecule has 3 heteroatoms. The van der Waals surface area contributed by atoms with E-state index in [9.17, 15) is 4.79 Å². The molecule has 2 nitrogen and oxygen atoms in total. The fourth-order valence-corrected chi connectivity index (χ4v) is 1.88. The third kappa shape index (κ3) is 16.0. The largest absolute Gasteiger partial charge is 0.469 e. The van der Waals surface area contributed by atoms with E-state index in [0.29, 0.717) is 32.1 Å². The molecule has 0 heterocycles. The summed E-state index contributed by atoms with van der Waals surface area (Å²) in [7, 11) is 0.131. The number of ether oxygens (including phenoxy) is 1. The summed E-state index contributed by atoms with van der Waals surface area (Å²) in [6.45, 7) is 6.65. The van der Waals surface area contributed by atoms with E-state index in [2.05, 4.69) is 71.4 Å². The minimum Gasteiger partial charge on any atom is -0.469 e. The normalized spacial score (nSPS) is 8.73. The highest BCUT2D eigenvalue weighted by molar-refractivity contribution is 6.83. The lowest BCUT2D eigenvalue weighted by molar-refractivity contribution is -0.140. The molecule has 0 aliphatic heterocycles. The summed E-state index contributed by atoms with van der Waals surface area (Å²) in [5, 5.41) is 0. The van der Waals surface area contributed by atoms with Crippen LogP contribution in [0.1, 0.15) is 38.5 Å². The van der Waals surface area contributed by atoms with Crippen molar-refractivity contribution in [2.45, 2.75) is 58.2 Å². The average Bonchev–Trinajstić information content (AvgIpc) is 2.46. The second-order valence-electron chi connectivity index (χ2n) is 5.57. The van der Waals surface area contributed by atoms with Gasteiger partial charge in [0.2, 0.25) is 0 Å². The molecule has 0 rings (SSSR count). The Hall–Kier alpha value is -2.07. The Bertz CT molecular complexity index is 581. The Balaban J connectivity index is 3.74. The number of carbonyl (C=O) groups excluding carboxylic acids is 1. The van der Waals surface area contributed by atoms with Crippen molar-refractivity contribution < 1.29 is 9.53 Å². The number of methoxy groups -OCH3 is 1. The van der Waals surface area contributed by atoms with E-state index >= 15 is 0 Å². The Morgan fingerprint density at radius 2 is 1.36 bits per heavy atom. The summed E-state index contributed by atoms with van der Waals surface area (Å²) in [4.78, 5) is 10.8. The molecule has 0 amide bonds. The second kappa shape index (κ2) is 12.7. The lowest BCUT2D eigenvalue weighted by Gasteiger charge is -2.02. The van der Waals surface area contributed by atoms with Crippen LogP contribution in [0.25, 0.3) is 0 Å². The van der Waals surface area contributed by atoms with E-state index in [4.69, 9.17) is 0 Å². The molecule has 0 aromatic heterocycles.